The number of para-hydroxylation sites is 1. The predicted octanol–water partition coefficient (Wildman–Crippen LogP) is 4.77. The molecule has 3 aliphatic rings. The third-order valence-electron chi connectivity index (χ3n) is 7.88. The minimum Gasteiger partial charge on any atom is -0.317 e. The van der Waals surface area contributed by atoms with Crippen LogP contribution in [-0.2, 0) is 16.8 Å². The Bertz CT molecular complexity index is 939. The minimum atomic E-state index is 0.139. The third kappa shape index (κ3) is 2.98. The van der Waals surface area contributed by atoms with Crippen LogP contribution in [0.3, 0.4) is 0 Å². The molecule has 1 saturated heterocycles. The lowest BCUT2D eigenvalue weighted by Crippen LogP contribution is -2.59. The van der Waals surface area contributed by atoms with Crippen molar-refractivity contribution >= 4 is 11.6 Å². The van der Waals surface area contributed by atoms with Gasteiger partial charge in [0, 0.05) is 11.1 Å². The van der Waals surface area contributed by atoms with E-state index < -0.39 is 0 Å². The largest absolute Gasteiger partial charge is 0.322 e. The molecule has 1 unspecified atom stereocenters. The fraction of sp³-hybridized carbons (Fsp3) is 0.500. The highest BCUT2D eigenvalue weighted by atomic mass is 16.2. The van der Waals surface area contributed by atoms with Crippen molar-refractivity contribution in [2.75, 3.05) is 19.6 Å². The van der Waals surface area contributed by atoms with Gasteiger partial charge in [-0.2, -0.15) is 0 Å². The Morgan fingerprint density at radius 2 is 1.86 bits per heavy atom. The molecule has 2 aromatic rings. The number of nitrogens with zero attached hydrogens (tertiary/aromatic N) is 1. The first-order valence-corrected chi connectivity index (χ1v) is 11.3. The highest BCUT2D eigenvalue weighted by Crippen LogP contribution is 2.52. The molecule has 0 aromatic heterocycles. The second-order valence-corrected chi connectivity index (χ2v) is 9.73. The summed E-state index contributed by atoms with van der Waals surface area (Å²) in [5.74, 6) is 0.713. The lowest BCUT2D eigenvalue weighted by atomic mass is 9.74. The molecule has 3 nitrogen and oxygen atoms in total. The third-order valence-corrected chi connectivity index (χ3v) is 7.88. The molecule has 2 heterocycles. The number of nitrogens with one attached hydrogen (secondary N) is 1. The number of quaternary nitrogens is 1. The number of hydrogen-bond donors (Lipinski definition) is 1. The zero-order chi connectivity index (χ0) is 20.1. The number of fused-ring (bicyclic) bond motifs is 2. The van der Waals surface area contributed by atoms with Gasteiger partial charge in [-0.15, -0.1) is 0 Å². The lowest BCUT2D eigenvalue weighted by molar-refractivity contribution is -0.138. The second-order valence-electron chi connectivity index (χ2n) is 9.73. The van der Waals surface area contributed by atoms with E-state index in [-0.39, 0.29) is 11.3 Å². The van der Waals surface area contributed by atoms with Crippen LogP contribution in [-0.4, -0.2) is 25.5 Å². The first-order valence-electron chi connectivity index (χ1n) is 11.3. The van der Waals surface area contributed by atoms with E-state index in [9.17, 15) is 4.79 Å². The van der Waals surface area contributed by atoms with Crippen LogP contribution in [0.4, 0.5) is 5.69 Å². The van der Waals surface area contributed by atoms with Gasteiger partial charge in [0.2, 0.25) is 0 Å². The van der Waals surface area contributed by atoms with Crippen molar-refractivity contribution in [2.45, 2.75) is 57.9 Å². The Morgan fingerprint density at radius 3 is 2.55 bits per heavy atom. The topological polar surface area (TPSA) is 29.1 Å². The summed E-state index contributed by atoms with van der Waals surface area (Å²) in [6, 6.07) is 15.6. The number of rotatable bonds is 3. The Morgan fingerprint density at radius 1 is 1.10 bits per heavy atom. The summed E-state index contributed by atoms with van der Waals surface area (Å²) in [6.07, 6.45) is 5.62. The second kappa shape index (κ2) is 7.07. The number of amides is 1. The van der Waals surface area contributed by atoms with E-state index in [4.69, 9.17) is 0 Å². The summed E-state index contributed by atoms with van der Waals surface area (Å²) < 4.78 is 0.532. The number of aryl methyl sites for hydroxylation is 2. The summed E-state index contributed by atoms with van der Waals surface area (Å²) in [5.41, 5.74) is 6.79. The van der Waals surface area contributed by atoms with Gasteiger partial charge in [0.25, 0.3) is 0 Å². The molecule has 5 rings (SSSR count). The van der Waals surface area contributed by atoms with Crippen molar-refractivity contribution in [3.05, 3.63) is 64.7 Å². The van der Waals surface area contributed by atoms with Crippen LogP contribution in [0, 0.1) is 19.8 Å². The van der Waals surface area contributed by atoms with Crippen molar-refractivity contribution in [3.63, 3.8) is 0 Å². The lowest BCUT2D eigenvalue weighted by Gasteiger charge is -2.40. The summed E-state index contributed by atoms with van der Waals surface area (Å²) in [5, 5.41) is 3.54. The molecule has 1 spiro atoms. The van der Waals surface area contributed by atoms with Crippen molar-refractivity contribution < 1.29 is 4.79 Å². The minimum absolute atomic E-state index is 0.139. The highest BCUT2D eigenvalue weighted by Gasteiger charge is 2.58. The van der Waals surface area contributed by atoms with Crippen LogP contribution in [0.15, 0.2) is 42.5 Å². The number of piperidine rings is 1. The number of hydrogen-bond acceptors (Lipinski definition) is 2. The molecule has 0 bridgehead atoms. The van der Waals surface area contributed by atoms with Crippen molar-refractivity contribution in [2.24, 2.45) is 5.92 Å². The number of carbonyl (C=O) groups is 1. The van der Waals surface area contributed by atoms with Gasteiger partial charge in [0.05, 0.1) is 11.3 Å². The summed E-state index contributed by atoms with van der Waals surface area (Å²) in [7, 11) is 0. The van der Waals surface area contributed by atoms with E-state index >= 15 is 0 Å². The van der Waals surface area contributed by atoms with E-state index in [1.807, 2.05) is 0 Å². The normalized spacial score (nSPS) is 25.6. The first kappa shape index (κ1) is 19.0. The van der Waals surface area contributed by atoms with Crippen molar-refractivity contribution in [1.29, 1.82) is 0 Å². The molecule has 2 aliphatic heterocycles. The van der Waals surface area contributed by atoms with E-state index in [0.29, 0.717) is 10.4 Å². The molecule has 2 aromatic carbocycles. The fourth-order valence-corrected chi connectivity index (χ4v) is 6.05. The standard InChI is InChI=1S/C26H33N2O/c1-19-10-11-22(20(2)16-19)17-28(25(29)21-6-5-7-21)18-26(12-14-27-15-13-26)23-8-3-4-9-24(23)28/h3-4,8-11,16,21,27H,5-7,12-15,17-18H2,1-2H3/q+1. The highest BCUT2D eigenvalue weighted by molar-refractivity contribution is 5.93. The monoisotopic (exact) mass is 389 g/mol. The smallest absolute Gasteiger partial charge is 0.317 e. The van der Waals surface area contributed by atoms with Gasteiger partial charge < -0.3 is 5.32 Å². The van der Waals surface area contributed by atoms with Crippen LogP contribution < -0.4 is 9.80 Å². The average Bonchev–Trinajstić information content (AvgIpc) is 2.94. The molecule has 29 heavy (non-hydrogen) atoms. The first-order chi connectivity index (χ1) is 14.0. The van der Waals surface area contributed by atoms with Gasteiger partial charge in [0.1, 0.15) is 18.8 Å². The Kier molecular flexibility index (Phi) is 4.64. The predicted molar refractivity (Wildman–Crippen MR) is 119 cm³/mol. The van der Waals surface area contributed by atoms with Gasteiger partial charge in [-0.3, -0.25) is 0 Å². The van der Waals surface area contributed by atoms with E-state index in [0.717, 1.165) is 51.9 Å². The van der Waals surface area contributed by atoms with Gasteiger partial charge in [-0.25, -0.2) is 9.28 Å². The van der Waals surface area contributed by atoms with Gasteiger partial charge in [0.15, 0.2) is 0 Å². The van der Waals surface area contributed by atoms with Crippen LogP contribution in [0.1, 0.15) is 54.4 Å². The zero-order valence-corrected chi connectivity index (χ0v) is 17.8. The maximum absolute atomic E-state index is 14.1. The maximum atomic E-state index is 14.1. The molecule has 1 atom stereocenters. The maximum Gasteiger partial charge on any atom is 0.322 e. The fourth-order valence-electron chi connectivity index (χ4n) is 6.05. The summed E-state index contributed by atoms with van der Waals surface area (Å²) in [4.78, 5) is 14.1. The van der Waals surface area contributed by atoms with Crippen molar-refractivity contribution in [3.8, 4) is 0 Å². The van der Waals surface area contributed by atoms with Crippen LogP contribution in [0.2, 0.25) is 0 Å². The molecule has 0 radical (unpaired) electrons. The molecular formula is C26H33N2O+. The van der Waals surface area contributed by atoms with Crippen LogP contribution in [0.5, 0.6) is 0 Å². The van der Waals surface area contributed by atoms with Crippen molar-refractivity contribution in [1.82, 2.24) is 9.80 Å². The SMILES string of the molecule is Cc1ccc(C[N+]2(C(=O)C3CCC3)CC3(CCNCC3)c3ccccc32)c(C)c1. The van der Waals surface area contributed by atoms with Gasteiger partial charge in [-0.05, 0) is 64.3 Å². The zero-order valence-electron chi connectivity index (χ0n) is 17.8. The summed E-state index contributed by atoms with van der Waals surface area (Å²) >= 11 is 0. The number of carbonyl (C=O) groups excluding carboxylic acids is 1. The Hall–Kier alpha value is -1.97. The average molecular weight is 390 g/mol. The molecule has 152 valence electrons. The Balaban J connectivity index is 1.65. The summed E-state index contributed by atoms with van der Waals surface area (Å²) in [6.45, 7) is 8.19. The quantitative estimate of drug-likeness (QED) is 0.766. The molecule has 1 aliphatic carbocycles. The molecule has 1 amide bonds. The molecule has 3 heteroatoms. The van der Waals surface area contributed by atoms with Crippen LogP contribution >= 0.6 is 0 Å². The van der Waals surface area contributed by atoms with E-state index in [1.165, 1.54) is 34.4 Å². The molecule has 1 saturated carbocycles. The number of benzene rings is 2. The van der Waals surface area contributed by atoms with Gasteiger partial charge >= 0.3 is 5.91 Å². The van der Waals surface area contributed by atoms with Crippen LogP contribution in [0.25, 0.3) is 0 Å². The van der Waals surface area contributed by atoms with E-state index in [2.05, 4.69) is 61.6 Å². The molecule has 2 fully saturated rings. The Labute approximate surface area is 174 Å². The van der Waals surface area contributed by atoms with E-state index in [1.54, 1.807) is 0 Å². The van der Waals surface area contributed by atoms with Gasteiger partial charge in [-0.1, -0.05) is 48.4 Å². The molecular weight excluding hydrogens is 356 g/mol. The molecule has 1 N–H and O–H groups in total.